The minimum Gasteiger partial charge on any atom is -0.406 e. The van der Waals surface area contributed by atoms with Crippen molar-refractivity contribution >= 4 is 10.8 Å². The van der Waals surface area contributed by atoms with E-state index in [4.69, 9.17) is 0 Å². The van der Waals surface area contributed by atoms with Crippen molar-refractivity contribution in [1.82, 2.24) is 0 Å². The molecule has 0 unspecified atom stereocenters. The average molecular weight is 372 g/mol. The summed E-state index contributed by atoms with van der Waals surface area (Å²) in [6.45, 7) is 2.03. The third-order valence-corrected chi connectivity index (χ3v) is 3.96. The lowest BCUT2D eigenvalue weighted by Gasteiger charge is -2.09. The molecule has 5 heteroatoms. The second kappa shape index (κ2) is 7.71. The van der Waals surface area contributed by atoms with Crippen molar-refractivity contribution in [3.8, 4) is 17.6 Å². The molecule has 0 spiro atoms. The molecule has 1 nitrogen and oxygen atoms in total. The molecule has 0 heterocycles. The maximum Gasteiger partial charge on any atom is 0.573 e. The van der Waals surface area contributed by atoms with Crippen LogP contribution in [0.5, 0.6) is 5.75 Å². The lowest BCUT2D eigenvalue weighted by molar-refractivity contribution is -0.274. The average Bonchev–Trinajstić information content (AvgIpc) is 2.60. The predicted octanol–water partition coefficient (Wildman–Crippen LogP) is 6.23. The molecule has 0 radical (unpaired) electrons. The van der Waals surface area contributed by atoms with E-state index in [0.717, 1.165) is 23.8 Å². The highest BCUT2D eigenvalue weighted by atomic mass is 19.4. The SMILES string of the molecule is CCCc1ccc(C#Cc2ccc3cc(OC(F)(F)F)ccc3c2)c(F)c1. The minimum atomic E-state index is -4.73. The summed E-state index contributed by atoms with van der Waals surface area (Å²) in [5, 5.41) is 1.31. The van der Waals surface area contributed by atoms with Crippen molar-refractivity contribution in [1.29, 1.82) is 0 Å². The molecule has 0 amide bonds. The highest BCUT2D eigenvalue weighted by Gasteiger charge is 2.31. The Bertz CT molecular complexity index is 1030. The van der Waals surface area contributed by atoms with E-state index in [-0.39, 0.29) is 11.6 Å². The lowest BCUT2D eigenvalue weighted by atomic mass is 10.1. The van der Waals surface area contributed by atoms with Crippen molar-refractivity contribution in [2.75, 3.05) is 0 Å². The Kier molecular flexibility index (Phi) is 5.36. The zero-order valence-corrected chi connectivity index (χ0v) is 14.5. The van der Waals surface area contributed by atoms with Gasteiger partial charge in [-0.3, -0.25) is 0 Å². The number of hydrogen-bond donors (Lipinski definition) is 0. The number of halogens is 4. The molecule has 0 saturated carbocycles. The van der Waals surface area contributed by atoms with Crippen molar-refractivity contribution in [3.05, 3.63) is 77.1 Å². The molecule has 0 aromatic heterocycles. The Hall–Kier alpha value is -3.00. The Balaban J connectivity index is 1.84. The van der Waals surface area contributed by atoms with E-state index in [2.05, 4.69) is 16.6 Å². The first-order valence-electron chi connectivity index (χ1n) is 8.44. The van der Waals surface area contributed by atoms with E-state index in [1.54, 1.807) is 24.3 Å². The van der Waals surface area contributed by atoms with E-state index in [1.165, 1.54) is 24.3 Å². The van der Waals surface area contributed by atoms with Crippen LogP contribution in [0, 0.1) is 17.7 Å². The molecule has 3 rings (SSSR count). The third kappa shape index (κ3) is 5.01. The number of rotatable bonds is 3. The van der Waals surface area contributed by atoms with Gasteiger partial charge in [-0.05, 0) is 59.2 Å². The summed E-state index contributed by atoms with van der Waals surface area (Å²) in [5.41, 5.74) is 1.89. The minimum absolute atomic E-state index is 0.275. The van der Waals surface area contributed by atoms with E-state index >= 15 is 0 Å². The van der Waals surface area contributed by atoms with Crippen LogP contribution in [0.25, 0.3) is 10.8 Å². The third-order valence-electron chi connectivity index (χ3n) is 3.96. The summed E-state index contributed by atoms with van der Waals surface area (Å²) in [5.74, 6) is 5.07. The molecule has 3 aromatic rings. The maximum atomic E-state index is 14.1. The molecule has 3 aromatic carbocycles. The van der Waals surface area contributed by atoms with Crippen molar-refractivity contribution in [2.45, 2.75) is 26.1 Å². The summed E-state index contributed by atoms with van der Waals surface area (Å²) in [6, 6.07) is 14.2. The van der Waals surface area contributed by atoms with Gasteiger partial charge in [0.15, 0.2) is 0 Å². The van der Waals surface area contributed by atoms with Crippen LogP contribution in [0.2, 0.25) is 0 Å². The molecule has 0 saturated heterocycles. The Labute approximate surface area is 154 Å². The van der Waals surface area contributed by atoms with Gasteiger partial charge in [0.2, 0.25) is 0 Å². The fraction of sp³-hybridized carbons (Fsp3) is 0.182. The highest BCUT2D eigenvalue weighted by Crippen LogP contribution is 2.27. The highest BCUT2D eigenvalue weighted by molar-refractivity contribution is 5.85. The van der Waals surface area contributed by atoms with Gasteiger partial charge in [-0.1, -0.05) is 43.4 Å². The maximum absolute atomic E-state index is 14.1. The lowest BCUT2D eigenvalue weighted by Crippen LogP contribution is -2.16. The summed E-state index contributed by atoms with van der Waals surface area (Å²) < 4.78 is 54.9. The van der Waals surface area contributed by atoms with Crippen LogP contribution in [-0.2, 0) is 6.42 Å². The first-order valence-corrected chi connectivity index (χ1v) is 8.44. The quantitative estimate of drug-likeness (QED) is 0.391. The van der Waals surface area contributed by atoms with Gasteiger partial charge in [-0.15, -0.1) is 13.2 Å². The van der Waals surface area contributed by atoms with Crippen LogP contribution in [0.1, 0.15) is 30.0 Å². The number of ether oxygens (including phenoxy) is 1. The predicted molar refractivity (Wildman–Crippen MR) is 97.0 cm³/mol. The van der Waals surface area contributed by atoms with E-state index < -0.39 is 6.36 Å². The molecule has 0 bridgehead atoms. The monoisotopic (exact) mass is 372 g/mol. The van der Waals surface area contributed by atoms with Crippen molar-refractivity contribution in [2.24, 2.45) is 0 Å². The Morgan fingerprint density at radius 3 is 2.33 bits per heavy atom. The summed E-state index contributed by atoms with van der Waals surface area (Å²) >= 11 is 0. The normalized spacial score (nSPS) is 11.1. The zero-order chi connectivity index (χ0) is 19.4. The summed E-state index contributed by atoms with van der Waals surface area (Å²) in [4.78, 5) is 0. The summed E-state index contributed by atoms with van der Waals surface area (Å²) in [6.07, 6.45) is -2.97. The first-order chi connectivity index (χ1) is 12.8. The van der Waals surface area contributed by atoms with E-state index in [0.29, 0.717) is 16.5 Å². The second-order valence-electron chi connectivity index (χ2n) is 6.09. The molecule has 0 aliphatic rings. The number of aryl methyl sites for hydroxylation is 1. The standard InChI is InChI=1S/C22H16F4O/c1-2-3-15-4-7-17(21(23)13-15)8-5-16-6-9-19-14-20(27-22(24,25)26)11-10-18(19)12-16/h4,6-7,9-14H,2-3H2,1H3. The molecule has 27 heavy (non-hydrogen) atoms. The van der Waals surface area contributed by atoms with Gasteiger partial charge >= 0.3 is 6.36 Å². The number of hydrogen-bond acceptors (Lipinski definition) is 1. The van der Waals surface area contributed by atoms with Gasteiger partial charge < -0.3 is 4.74 Å². The smallest absolute Gasteiger partial charge is 0.406 e. The van der Waals surface area contributed by atoms with Gasteiger partial charge in [0.25, 0.3) is 0 Å². The molecule has 0 aliphatic carbocycles. The number of benzene rings is 3. The van der Waals surface area contributed by atoms with Crippen LogP contribution < -0.4 is 4.74 Å². The molecule has 0 aliphatic heterocycles. The molecule has 138 valence electrons. The van der Waals surface area contributed by atoms with Gasteiger partial charge in [0.1, 0.15) is 11.6 Å². The van der Waals surface area contributed by atoms with Crippen LogP contribution in [0.3, 0.4) is 0 Å². The van der Waals surface area contributed by atoms with E-state index in [1.807, 2.05) is 13.0 Å². The summed E-state index contributed by atoms with van der Waals surface area (Å²) in [7, 11) is 0. The molecule has 0 atom stereocenters. The number of fused-ring (bicyclic) bond motifs is 1. The molecule has 0 N–H and O–H groups in total. The fourth-order valence-corrected chi connectivity index (χ4v) is 2.74. The molecule has 0 fully saturated rings. The van der Waals surface area contributed by atoms with Crippen LogP contribution >= 0.6 is 0 Å². The largest absolute Gasteiger partial charge is 0.573 e. The van der Waals surface area contributed by atoms with Gasteiger partial charge in [-0.2, -0.15) is 0 Å². The van der Waals surface area contributed by atoms with Gasteiger partial charge in [0, 0.05) is 5.56 Å². The van der Waals surface area contributed by atoms with Crippen molar-refractivity contribution < 1.29 is 22.3 Å². The number of alkyl halides is 3. The second-order valence-corrected chi connectivity index (χ2v) is 6.09. The molecular formula is C22H16F4O. The van der Waals surface area contributed by atoms with Gasteiger partial charge in [-0.25, -0.2) is 4.39 Å². The van der Waals surface area contributed by atoms with Gasteiger partial charge in [0.05, 0.1) is 5.56 Å². The van der Waals surface area contributed by atoms with Crippen LogP contribution in [0.4, 0.5) is 17.6 Å². The topological polar surface area (TPSA) is 9.23 Å². The van der Waals surface area contributed by atoms with Crippen LogP contribution in [0.15, 0.2) is 54.6 Å². The fourth-order valence-electron chi connectivity index (χ4n) is 2.74. The van der Waals surface area contributed by atoms with E-state index in [9.17, 15) is 17.6 Å². The van der Waals surface area contributed by atoms with Crippen LogP contribution in [-0.4, -0.2) is 6.36 Å². The zero-order valence-electron chi connectivity index (χ0n) is 14.5. The Morgan fingerprint density at radius 1 is 0.889 bits per heavy atom. The molecular weight excluding hydrogens is 356 g/mol. The first kappa shape index (κ1) is 18.8. The Morgan fingerprint density at radius 2 is 1.63 bits per heavy atom. The van der Waals surface area contributed by atoms with Crippen molar-refractivity contribution in [3.63, 3.8) is 0 Å².